The summed E-state index contributed by atoms with van der Waals surface area (Å²) < 4.78 is 70.1. The van der Waals surface area contributed by atoms with E-state index in [9.17, 15) is 25.2 Å². The van der Waals surface area contributed by atoms with Crippen LogP contribution < -0.4 is 13.8 Å². The summed E-state index contributed by atoms with van der Waals surface area (Å²) in [6.07, 6.45) is 6.24. The average Bonchev–Trinajstić information content (AvgIpc) is 2.79. The average molecular weight is 427 g/mol. The minimum absolute atomic E-state index is 0.401. The molecule has 0 amide bonds. The third-order valence-corrected chi connectivity index (χ3v) is 4.52. The van der Waals surface area contributed by atoms with E-state index in [-0.39, 0.29) is 0 Å². The number of imidazole rings is 1. The summed E-state index contributed by atoms with van der Waals surface area (Å²) in [4.78, 5) is 0. The van der Waals surface area contributed by atoms with Gasteiger partial charge in [-0.1, -0.05) is 0 Å². The van der Waals surface area contributed by atoms with E-state index in [1.807, 2.05) is 19.2 Å². The summed E-state index contributed by atoms with van der Waals surface area (Å²) in [6.45, 7) is 0. The van der Waals surface area contributed by atoms with Gasteiger partial charge < -0.3 is 0 Å². The summed E-state index contributed by atoms with van der Waals surface area (Å²) in [5.41, 5.74) is 1.04. The van der Waals surface area contributed by atoms with Crippen LogP contribution in [-0.4, -0.2) is 26.6 Å². The molecular formula is C12H15F6N2OPSe. The van der Waals surface area contributed by atoms with Crippen LogP contribution in [0.3, 0.4) is 0 Å². The molecule has 0 spiro atoms. The summed E-state index contributed by atoms with van der Waals surface area (Å²) in [6, 6.07) is 8.23. The van der Waals surface area contributed by atoms with Gasteiger partial charge in [0, 0.05) is 0 Å². The van der Waals surface area contributed by atoms with Crippen molar-refractivity contribution in [2.24, 2.45) is 7.05 Å². The van der Waals surface area contributed by atoms with E-state index >= 15 is 0 Å². The number of aryl methyl sites for hydroxylation is 1. The molecule has 0 aliphatic heterocycles. The van der Waals surface area contributed by atoms with Crippen molar-refractivity contribution >= 4 is 27.2 Å². The van der Waals surface area contributed by atoms with Crippen LogP contribution in [0.15, 0.2) is 43.0 Å². The SMILES string of the molecule is COc1ccccc1[Se]Cn1cc[n+](C)c1.F[P-](F)(F)(F)(F)F. The predicted octanol–water partition coefficient (Wildman–Crippen LogP) is 3.69. The Hall–Kier alpha value is -1.24. The van der Waals surface area contributed by atoms with Gasteiger partial charge in [-0.05, 0) is 0 Å². The molecule has 2 rings (SSSR count). The number of benzene rings is 1. The van der Waals surface area contributed by atoms with Crippen LogP contribution in [0.1, 0.15) is 0 Å². The van der Waals surface area contributed by atoms with E-state index < -0.39 is 7.81 Å². The van der Waals surface area contributed by atoms with E-state index in [2.05, 4.69) is 40.0 Å². The zero-order valence-electron chi connectivity index (χ0n) is 12.2. The van der Waals surface area contributed by atoms with E-state index in [0.717, 1.165) is 11.2 Å². The zero-order chi connectivity index (χ0) is 17.8. The molecule has 0 aliphatic carbocycles. The number of rotatable bonds is 4. The van der Waals surface area contributed by atoms with Crippen molar-refractivity contribution in [3.63, 3.8) is 0 Å². The van der Waals surface area contributed by atoms with E-state index in [1.54, 1.807) is 7.11 Å². The number of methoxy groups -OCH3 is 1. The van der Waals surface area contributed by atoms with Crippen LogP contribution in [-0.2, 0) is 12.5 Å². The molecule has 0 radical (unpaired) electrons. The van der Waals surface area contributed by atoms with Gasteiger partial charge in [-0.25, -0.2) is 0 Å². The first kappa shape index (κ1) is 19.8. The van der Waals surface area contributed by atoms with Crippen LogP contribution in [0.5, 0.6) is 5.75 Å². The summed E-state index contributed by atoms with van der Waals surface area (Å²) in [7, 11) is -6.90. The Morgan fingerprint density at radius 2 is 1.70 bits per heavy atom. The molecule has 0 bridgehead atoms. The molecule has 1 aromatic carbocycles. The monoisotopic (exact) mass is 428 g/mol. The van der Waals surface area contributed by atoms with Gasteiger partial charge in [0.05, 0.1) is 0 Å². The number of hydrogen-bond acceptors (Lipinski definition) is 1. The van der Waals surface area contributed by atoms with Gasteiger partial charge in [-0.3, -0.25) is 0 Å². The topological polar surface area (TPSA) is 18.0 Å². The second kappa shape index (κ2) is 6.34. The maximum absolute atomic E-state index is 10.7. The van der Waals surface area contributed by atoms with Crippen molar-refractivity contribution in [2.45, 2.75) is 5.44 Å². The Kier molecular flexibility index (Phi) is 5.46. The van der Waals surface area contributed by atoms with Gasteiger partial charge in [-0.2, -0.15) is 0 Å². The Balaban J connectivity index is 0.000000322. The quantitative estimate of drug-likeness (QED) is 0.315. The second-order valence-electron chi connectivity index (χ2n) is 4.48. The van der Waals surface area contributed by atoms with Gasteiger partial charge in [0.25, 0.3) is 0 Å². The molecule has 1 heterocycles. The fourth-order valence-electron chi connectivity index (χ4n) is 1.46. The second-order valence-corrected chi connectivity index (χ2v) is 8.46. The number of para-hydroxylation sites is 1. The molecule has 0 fully saturated rings. The van der Waals surface area contributed by atoms with Crippen LogP contribution in [0.2, 0.25) is 0 Å². The third-order valence-electron chi connectivity index (χ3n) is 2.26. The van der Waals surface area contributed by atoms with Crippen LogP contribution in [0, 0.1) is 0 Å². The van der Waals surface area contributed by atoms with Crippen molar-refractivity contribution in [2.75, 3.05) is 7.11 Å². The van der Waals surface area contributed by atoms with Gasteiger partial charge in [0.2, 0.25) is 0 Å². The first-order valence-corrected chi connectivity index (χ1v) is 10.2. The molecular weight excluding hydrogens is 412 g/mol. The van der Waals surface area contributed by atoms with Crippen LogP contribution in [0.25, 0.3) is 0 Å². The first-order chi connectivity index (χ1) is 10.2. The molecule has 11 heteroatoms. The summed E-state index contributed by atoms with van der Waals surface area (Å²) in [5.74, 6) is 0.999. The Labute approximate surface area is 135 Å². The Morgan fingerprint density at radius 3 is 2.17 bits per heavy atom. The van der Waals surface area contributed by atoms with Crippen molar-refractivity contribution in [1.29, 1.82) is 0 Å². The van der Waals surface area contributed by atoms with E-state index in [0.29, 0.717) is 15.0 Å². The number of halogens is 6. The van der Waals surface area contributed by atoms with E-state index in [4.69, 9.17) is 4.74 Å². The first-order valence-electron chi connectivity index (χ1n) is 6.08. The van der Waals surface area contributed by atoms with Crippen molar-refractivity contribution < 1.29 is 34.5 Å². The van der Waals surface area contributed by atoms with Crippen molar-refractivity contribution in [3.05, 3.63) is 43.0 Å². The predicted molar refractivity (Wildman–Crippen MR) is 77.6 cm³/mol. The molecule has 1 aromatic heterocycles. The molecule has 0 saturated heterocycles. The summed E-state index contributed by atoms with van der Waals surface area (Å²) in [5, 5.41) is 0. The standard InChI is InChI=1S/C12H15N2OSe.F6P/c1-13-7-8-14(9-13)10-16-12-6-4-3-5-11(12)15-2;1-7(2,3,4,5)6/h3-9H,10H2,1-2H3;/q+1;-1. The Morgan fingerprint density at radius 1 is 1.13 bits per heavy atom. The minimum atomic E-state index is -10.7. The maximum atomic E-state index is 9.87. The molecule has 132 valence electrons. The van der Waals surface area contributed by atoms with Gasteiger partial charge in [-0.15, -0.1) is 0 Å². The number of aromatic nitrogens is 2. The fraction of sp³-hybridized carbons (Fsp3) is 0.250. The fourth-order valence-corrected chi connectivity index (χ4v) is 3.37. The number of ether oxygens (including phenoxy) is 1. The zero-order valence-corrected chi connectivity index (χ0v) is 14.8. The third kappa shape index (κ3) is 11.0. The molecule has 0 N–H and O–H groups in total. The number of hydrogen-bond donors (Lipinski definition) is 0. The van der Waals surface area contributed by atoms with Gasteiger partial charge >= 0.3 is 135 Å². The van der Waals surface area contributed by atoms with Crippen LogP contribution in [0.4, 0.5) is 25.2 Å². The number of nitrogens with zero attached hydrogens (tertiary/aromatic N) is 2. The molecule has 23 heavy (non-hydrogen) atoms. The van der Waals surface area contributed by atoms with Gasteiger partial charge in [0.15, 0.2) is 0 Å². The molecule has 0 unspecified atom stereocenters. The normalized spacial score (nSPS) is 14.3. The van der Waals surface area contributed by atoms with Crippen LogP contribution >= 0.6 is 7.81 Å². The van der Waals surface area contributed by atoms with Gasteiger partial charge in [0.1, 0.15) is 0 Å². The molecule has 2 aromatic rings. The molecule has 0 aliphatic rings. The van der Waals surface area contributed by atoms with E-state index in [1.165, 1.54) is 4.46 Å². The molecule has 3 nitrogen and oxygen atoms in total. The Bertz CT molecular complexity index is 647. The molecule has 0 atom stereocenters. The van der Waals surface area contributed by atoms with Crippen molar-refractivity contribution in [3.8, 4) is 5.75 Å². The molecule has 0 saturated carbocycles. The van der Waals surface area contributed by atoms with Crippen molar-refractivity contribution in [1.82, 2.24) is 4.57 Å². The summed E-state index contributed by atoms with van der Waals surface area (Å²) >= 11 is 0.401.